The summed E-state index contributed by atoms with van der Waals surface area (Å²) in [5, 5.41) is 0. The summed E-state index contributed by atoms with van der Waals surface area (Å²) in [5.74, 6) is 1.21. The molecule has 0 spiro atoms. The lowest BCUT2D eigenvalue weighted by molar-refractivity contribution is 0.0423. The van der Waals surface area contributed by atoms with Crippen LogP contribution in [0.1, 0.15) is 29.4 Å². The van der Waals surface area contributed by atoms with Crippen LogP contribution in [0.25, 0.3) is 5.82 Å². The molecule has 0 unspecified atom stereocenters. The summed E-state index contributed by atoms with van der Waals surface area (Å²) < 4.78 is 8.10. The van der Waals surface area contributed by atoms with Gasteiger partial charge in [0.2, 0.25) is 5.78 Å². The molecule has 23 heavy (non-hydrogen) atoms. The van der Waals surface area contributed by atoms with Crippen LogP contribution >= 0.6 is 0 Å². The molecular weight excluding hydrogens is 288 g/mol. The molecule has 0 saturated carbocycles. The molecule has 114 valence electrons. The normalized spacial score (nSPS) is 19.4. The van der Waals surface area contributed by atoms with Crippen molar-refractivity contribution in [3.8, 4) is 11.6 Å². The Morgan fingerprint density at radius 3 is 2.70 bits per heavy atom. The number of carbonyl (C=O) groups excluding carboxylic acids is 1. The number of ketones is 1. The summed E-state index contributed by atoms with van der Waals surface area (Å²) >= 11 is 0. The second-order valence-corrected chi connectivity index (χ2v) is 5.57. The number of benzene rings is 1. The van der Waals surface area contributed by atoms with Crippen molar-refractivity contribution < 1.29 is 9.53 Å². The molecule has 1 aromatic carbocycles. The Labute approximate surface area is 134 Å². The zero-order valence-corrected chi connectivity index (χ0v) is 12.8. The summed E-state index contributed by atoms with van der Waals surface area (Å²) in [6, 6.07) is 17.0. The molecule has 0 bridgehead atoms. The van der Waals surface area contributed by atoms with Gasteiger partial charge in [-0.2, -0.15) is 0 Å². The first-order chi connectivity index (χ1) is 11.3. The molecule has 0 radical (unpaired) electrons. The number of aromatic nitrogens is 2. The van der Waals surface area contributed by atoms with Crippen LogP contribution < -0.4 is 4.74 Å². The number of hydrogen-bond acceptors (Lipinski definition) is 3. The van der Waals surface area contributed by atoms with Crippen molar-refractivity contribution >= 4 is 5.78 Å². The highest BCUT2D eigenvalue weighted by Gasteiger charge is 2.45. The fourth-order valence-corrected chi connectivity index (χ4v) is 3.17. The topological polar surface area (TPSA) is 44.1 Å². The van der Waals surface area contributed by atoms with Gasteiger partial charge in [-0.25, -0.2) is 4.98 Å². The molecule has 1 aliphatic rings. The van der Waals surface area contributed by atoms with Crippen LogP contribution in [0.15, 0.2) is 67.0 Å². The molecule has 0 amide bonds. The largest absolute Gasteiger partial charge is 0.470 e. The third-order valence-corrected chi connectivity index (χ3v) is 4.35. The maximum Gasteiger partial charge on any atom is 0.227 e. The van der Waals surface area contributed by atoms with Gasteiger partial charge >= 0.3 is 0 Å². The predicted molar refractivity (Wildman–Crippen MR) is 86.9 cm³/mol. The fraction of sp³-hybridized carbons (Fsp3) is 0.158. The molecule has 0 saturated heterocycles. The molecule has 4 nitrogen and oxygen atoms in total. The second-order valence-electron chi connectivity index (χ2n) is 5.57. The molecule has 2 aromatic heterocycles. The molecule has 1 atom stereocenters. The molecule has 0 aliphatic carbocycles. The van der Waals surface area contributed by atoms with Gasteiger partial charge < -0.3 is 4.74 Å². The van der Waals surface area contributed by atoms with Crippen molar-refractivity contribution in [3.63, 3.8) is 0 Å². The number of hydrogen-bond donors (Lipinski definition) is 0. The van der Waals surface area contributed by atoms with Crippen LogP contribution in [-0.4, -0.2) is 15.3 Å². The van der Waals surface area contributed by atoms with E-state index in [-0.39, 0.29) is 5.78 Å². The molecule has 3 aromatic rings. The molecule has 1 aliphatic heterocycles. The molecule has 4 heteroatoms. The van der Waals surface area contributed by atoms with Gasteiger partial charge in [0.25, 0.3) is 0 Å². The Hall–Kier alpha value is -2.88. The first-order valence-electron chi connectivity index (χ1n) is 7.68. The van der Waals surface area contributed by atoms with E-state index in [9.17, 15) is 4.79 Å². The number of carbonyl (C=O) groups is 1. The van der Waals surface area contributed by atoms with Crippen molar-refractivity contribution in [1.29, 1.82) is 0 Å². The zero-order valence-electron chi connectivity index (χ0n) is 12.8. The van der Waals surface area contributed by atoms with E-state index in [1.54, 1.807) is 10.8 Å². The molecule has 0 fully saturated rings. The van der Waals surface area contributed by atoms with E-state index in [1.165, 1.54) is 0 Å². The van der Waals surface area contributed by atoms with E-state index >= 15 is 0 Å². The van der Waals surface area contributed by atoms with E-state index in [4.69, 9.17) is 4.74 Å². The van der Waals surface area contributed by atoms with Crippen molar-refractivity contribution in [2.45, 2.75) is 18.9 Å². The third-order valence-electron chi connectivity index (χ3n) is 4.35. The Kier molecular flexibility index (Phi) is 3.05. The Bertz CT molecular complexity index is 870. The van der Waals surface area contributed by atoms with Crippen molar-refractivity contribution in [3.05, 3.63) is 78.2 Å². The third kappa shape index (κ3) is 1.91. The molecule has 4 rings (SSSR count). The fourth-order valence-electron chi connectivity index (χ4n) is 3.17. The summed E-state index contributed by atoms with van der Waals surface area (Å²) in [7, 11) is 0. The maximum absolute atomic E-state index is 13.3. The first-order valence-corrected chi connectivity index (χ1v) is 7.68. The zero-order chi connectivity index (χ0) is 15.9. The summed E-state index contributed by atoms with van der Waals surface area (Å²) in [4.78, 5) is 17.8. The van der Waals surface area contributed by atoms with E-state index in [1.807, 2.05) is 67.7 Å². The summed E-state index contributed by atoms with van der Waals surface area (Å²) in [5.41, 5.74) is 0.413. The smallest absolute Gasteiger partial charge is 0.227 e. The highest BCUT2D eigenvalue weighted by Crippen LogP contribution is 2.40. The van der Waals surface area contributed by atoms with Gasteiger partial charge in [0.15, 0.2) is 17.2 Å². The Morgan fingerprint density at radius 1 is 1.09 bits per heavy atom. The van der Waals surface area contributed by atoms with Crippen LogP contribution in [0.4, 0.5) is 0 Å². The molecular formula is C19H16N2O2. The number of nitrogens with zero attached hydrogens (tertiary/aromatic N) is 2. The maximum atomic E-state index is 13.3. The predicted octanol–water partition coefficient (Wildman–Crippen LogP) is 3.75. The van der Waals surface area contributed by atoms with Crippen LogP contribution in [0.3, 0.4) is 0 Å². The van der Waals surface area contributed by atoms with E-state index in [0.29, 0.717) is 23.7 Å². The van der Waals surface area contributed by atoms with E-state index in [0.717, 1.165) is 5.56 Å². The van der Waals surface area contributed by atoms with Gasteiger partial charge in [-0.3, -0.25) is 9.36 Å². The first kappa shape index (κ1) is 13.8. The Balaban J connectivity index is 2.02. The monoisotopic (exact) mass is 304 g/mol. The average Bonchev–Trinajstić information content (AvgIpc) is 3.06. The summed E-state index contributed by atoms with van der Waals surface area (Å²) in [6.45, 7) is 1.97. The highest BCUT2D eigenvalue weighted by atomic mass is 16.5. The van der Waals surface area contributed by atoms with E-state index in [2.05, 4.69) is 4.98 Å². The highest BCUT2D eigenvalue weighted by molar-refractivity contribution is 6.03. The number of pyridine rings is 1. The van der Waals surface area contributed by atoms with Crippen LogP contribution in [0.2, 0.25) is 0 Å². The molecule has 0 N–H and O–H groups in total. The SMILES string of the molecule is CC[C@@]1(c2ccccc2)Oc2cccnc2-n2cccc2C1=O. The van der Waals surface area contributed by atoms with Gasteiger partial charge in [0.05, 0.1) is 5.69 Å². The minimum absolute atomic E-state index is 0.0470. The van der Waals surface area contributed by atoms with Crippen molar-refractivity contribution in [2.75, 3.05) is 0 Å². The lowest BCUT2D eigenvalue weighted by atomic mass is 9.85. The molecule has 3 heterocycles. The van der Waals surface area contributed by atoms with Gasteiger partial charge in [0.1, 0.15) is 0 Å². The lowest BCUT2D eigenvalue weighted by Crippen LogP contribution is -2.41. The van der Waals surface area contributed by atoms with Gasteiger partial charge in [-0.1, -0.05) is 37.3 Å². The number of rotatable bonds is 2. The average molecular weight is 304 g/mol. The minimum atomic E-state index is -1.04. The van der Waals surface area contributed by atoms with E-state index < -0.39 is 5.60 Å². The van der Waals surface area contributed by atoms with Gasteiger partial charge in [-0.15, -0.1) is 0 Å². The van der Waals surface area contributed by atoms with Crippen molar-refractivity contribution in [2.24, 2.45) is 0 Å². The van der Waals surface area contributed by atoms with Crippen LogP contribution in [0.5, 0.6) is 5.75 Å². The standard InChI is InChI=1S/C19H16N2O2/c1-2-19(14-8-4-3-5-9-14)17(22)15-10-7-13-21(15)18-16(23-19)11-6-12-20-18/h3-13H,2H2,1H3/t19-/m0/s1. The number of Topliss-reactive ketones (excluding diaryl/α,β-unsaturated/α-hetero) is 1. The van der Waals surface area contributed by atoms with Crippen molar-refractivity contribution in [1.82, 2.24) is 9.55 Å². The lowest BCUT2D eigenvalue weighted by Gasteiger charge is -2.31. The number of ether oxygens (including phenoxy) is 1. The minimum Gasteiger partial charge on any atom is -0.470 e. The Morgan fingerprint density at radius 2 is 1.91 bits per heavy atom. The van der Waals surface area contributed by atoms with Crippen LogP contribution in [0, 0.1) is 0 Å². The quantitative estimate of drug-likeness (QED) is 0.724. The van der Waals surface area contributed by atoms with Gasteiger partial charge in [-0.05, 0) is 30.7 Å². The number of fused-ring (bicyclic) bond motifs is 3. The van der Waals surface area contributed by atoms with Gasteiger partial charge in [0, 0.05) is 18.0 Å². The summed E-state index contributed by atoms with van der Waals surface area (Å²) in [6.07, 6.45) is 4.09. The van der Waals surface area contributed by atoms with Crippen LogP contribution in [-0.2, 0) is 5.60 Å². The second kappa shape index (κ2) is 5.09.